The second-order valence-electron chi connectivity index (χ2n) is 4.09. The van der Waals surface area contributed by atoms with Crippen LogP contribution in [0.4, 0.5) is 0 Å². The highest BCUT2D eigenvalue weighted by atomic mass is 35.5. The van der Waals surface area contributed by atoms with Crippen molar-refractivity contribution in [2.24, 2.45) is 0 Å². The summed E-state index contributed by atoms with van der Waals surface area (Å²) < 4.78 is 10.9. The predicted octanol–water partition coefficient (Wildman–Crippen LogP) is 4.00. The van der Waals surface area contributed by atoms with Crippen LogP contribution >= 0.6 is 11.6 Å². The van der Waals surface area contributed by atoms with Crippen LogP contribution in [0.5, 0.6) is 11.5 Å². The second kappa shape index (κ2) is 6.96. The van der Waals surface area contributed by atoms with Crippen LogP contribution in [0.1, 0.15) is 17.3 Å². The number of benzene rings is 2. The maximum Gasteiger partial charge on any atom is 0.203 e. The van der Waals surface area contributed by atoms with Gasteiger partial charge >= 0.3 is 0 Å². The van der Waals surface area contributed by atoms with Crippen molar-refractivity contribution in [3.8, 4) is 11.5 Å². The van der Waals surface area contributed by atoms with E-state index >= 15 is 0 Å². The Hall–Kier alpha value is -2.00. The lowest BCUT2D eigenvalue weighted by Gasteiger charge is -2.10. The highest BCUT2D eigenvalue weighted by molar-refractivity contribution is 6.30. The van der Waals surface area contributed by atoms with Crippen LogP contribution in [0, 0.1) is 0 Å². The van der Waals surface area contributed by atoms with Crippen molar-refractivity contribution >= 4 is 17.4 Å². The second-order valence-corrected chi connectivity index (χ2v) is 4.53. The number of ketones is 1. The number of carbonyl (C=O) groups is 1. The van der Waals surface area contributed by atoms with Crippen molar-refractivity contribution in [1.82, 2.24) is 0 Å². The molecule has 0 aromatic heterocycles. The van der Waals surface area contributed by atoms with Gasteiger partial charge in [-0.25, -0.2) is 0 Å². The Labute approximate surface area is 123 Å². The number of hydrogen-bond acceptors (Lipinski definition) is 3. The Morgan fingerprint density at radius 2 is 1.75 bits per heavy atom. The molecule has 0 aliphatic heterocycles. The Balaban J connectivity index is 2.03. The van der Waals surface area contributed by atoms with E-state index in [1.807, 2.05) is 13.0 Å². The van der Waals surface area contributed by atoms with Gasteiger partial charge in [-0.05, 0) is 43.3 Å². The number of halogens is 1. The van der Waals surface area contributed by atoms with E-state index in [2.05, 4.69) is 0 Å². The first-order valence-electron chi connectivity index (χ1n) is 6.34. The van der Waals surface area contributed by atoms with Gasteiger partial charge in [0, 0.05) is 5.02 Å². The van der Waals surface area contributed by atoms with E-state index in [1.54, 1.807) is 42.5 Å². The van der Waals surface area contributed by atoms with Gasteiger partial charge in [-0.1, -0.05) is 23.7 Å². The van der Waals surface area contributed by atoms with Crippen molar-refractivity contribution in [2.45, 2.75) is 6.92 Å². The Kier molecular flexibility index (Phi) is 5.02. The van der Waals surface area contributed by atoms with Crippen LogP contribution in [-0.4, -0.2) is 19.0 Å². The van der Waals surface area contributed by atoms with Crippen molar-refractivity contribution in [1.29, 1.82) is 0 Å². The number of Topliss-reactive ketones (excluding diaryl/α,β-unsaturated/α-hetero) is 1. The minimum Gasteiger partial charge on any atom is -0.493 e. The summed E-state index contributed by atoms with van der Waals surface area (Å²) in [6.45, 7) is 2.36. The molecular formula is C16H15ClO3. The van der Waals surface area contributed by atoms with Gasteiger partial charge in [0.2, 0.25) is 5.78 Å². The molecule has 104 valence electrons. The molecule has 4 heteroatoms. The molecule has 0 radical (unpaired) electrons. The molecular weight excluding hydrogens is 276 g/mol. The molecule has 0 amide bonds. The molecule has 2 aromatic rings. The van der Waals surface area contributed by atoms with Crippen LogP contribution in [-0.2, 0) is 0 Å². The Bertz CT molecular complexity index is 579. The fourth-order valence-electron chi connectivity index (χ4n) is 1.74. The van der Waals surface area contributed by atoms with Crippen molar-refractivity contribution in [2.75, 3.05) is 13.2 Å². The summed E-state index contributed by atoms with van der Waals surface area (Å²) in [5, 5.41) is 0.630. The van der Waals surface area contributed by atoms with Gasteiger partial charge in [-0.3, -0.25) is 4.79 Å². The predicted molar refractivity (Wildman–Crippen MR) is 78.9 cm³/mol. The normalized spacial score (nSPS) is 10.1. The van der Waals surface area contributed by atoms with Crippen molar-refractivity contribution in [3.63, 3.8) is 0 Å². The van der Waals surface area contributed by atoms with Gasteiger partial charge in [-0.15, -0.1) is 0 Å². The summed E-state index contributed by atoms with van der Waals surface area (Å²) in [7, 11) is 0. The van der Waals surface area contributed by atoms with Crippen molar-refractivity contribution < 1.29 is 14.3 Å². The van der Waals surface area contributed by atoms with Gasteiger partial charge < -0.3 is 9.47 Å². The average Bonchev–Trinajstić information content (AvgIpc) is 2.47. The number of para-hydroxylation sites is 1. The number of rotatable bonds is 6. The third kappa shape index (κ3) is 3.75. The van der Waals surface area contributed by atoms with Gasteiger partial charge in [0.15, 0.2) is 6.61 Å². The Morgan fingerprint density at radius 3 is 2.45 bits per heavy atom. The molecule has 0 saturated heterocycles. The lowest BCUT2D eigenvalue weighted by atomic mass is 10.1. The summed E-state index contributed by atoms with van der Waals surface area (Å²) in [5.74, 6) is 1.07. The van der Waals surface area contributed by atoms with E-state index in [1.165, 1.54) is 0 Å². The van der Waals surface area contributed by atoms with Crippen molar-refractivity contribution in [3.05, 3.63) is 59.1 Å². The topological polar surface area (TPSA) is 35.5 Å². The first-order chi connectivity index (χ1) is 9.70. The SMILES string of the molecule is CCOc1ccccc1C(=O)COc1ccc(Cl)cc1. The van der Waals surface area contributed by atoms with Gasteiger partial charge in [0.1, 0.15) is 11.5 Å². The molecule has 0 bridgehead atoms. The quantitative estimate of drug-likeness (QED) is 0.754. The van der Waals surface area contributed by atoms with E-state index in [0.717, 1.165) is 0 Å². The summed E-state index contributed by atoms with van der Waals surface area (Å²) in [6, 6.07) is 14.0. The molecule has 0 aliphatic rings. The highest BCUT2D eigenvalue weighted by Gasteiger charge is 2.12. The van der Waals surface area contributed by atoms with Gasteiger partial charge in [-0.2, -0.15) is 0 Å². The zero-order valence-corrected chi connectivity index (χ0v) is 11.9. The van der Waals surface area contributed by atoms with E-state index in [9.17, 15) is 4.79 Å². The number of carbonyl (C=O) groups excluding carboxylic acids is 1. The fourth-order valence-corrected chi connectivity index (χ4v) is 1.86. The molecule has 0 N–H and O–H groups in total. The smallest absolute Gasteiger partial charge is 0.203 e. The monoisotopic (exact) mass is 290 g/mol. The van der Waals surface area contributed by atoms with Crippen LogP contribution in [0.25, 0.3) is 0 Å². The Morgan fingerprint density at radius 1 is 1.05 bits per heavy atom. The fraction of sp³-hybridized carbons (Fsp3) is 0.188. The number of hydrogen-bond donors (Lipinski definition) is 0. The molecule has 2 rings (SSSR count). The van der Waals surface area contributed by atoms with Crippen LogP contribution in [0.15, 0.2) is 48.5 Å². The molecule has 0 saturated carbocycles. The zero-order chi connectivity index (χ0) is 14.4. The summed E-state index contributed by atoms with van der Waals surface area (Å²) >= 11 is 5.79. The lowest BCUT2D eigenvalue weighted by molar-refractivity contribution is 0.0917. The van der Waals surface area contributed by atoms with Gasteiger partial charge in [0.25, 0.3) is 0 Å². The van der Waals surface area contributed by atoms with Crippen LogP contribution in [0.3, 0.4) is 0 Å². The average molecular weight is 291 g/mol. The summed E-state index contributed by atoms with van der Waals surface area (Å²) in [5.41, 5.74) is 0.531. The minimum absolute atomic E-state index is 0.0360. The third-order valence-electron chi connectivity index (χ3n) is 2.67. The molecule has 0 fully saturated rings. The lowest BCUT2D eigenvalue weighted by Crippen LogP contribution is -2.13. The van der Waals surface area contributed by atoms with E-state index in [0.29, 0.717) is 28.7 Å². The molecule has 0 atom stereocenters. The highest BCUT2D eigenvalue weighted by Crippen LogP contribution is 2.20. The van der Waals surface area contributed by atoms with Crippen LogP contribution in [0.2, 0.25) is 5.02 Å². The first kappa shape index (κ1) is 14.4. The molecule has 0 aliphatic carbocycles. The molecule has 3 nitrogen and oxygen atoms in total. The van der Waals surface area contributed by atoms with Crippen LogP contribution < -0.4 is 9.47 Å². The first-order valence-corrected chi connectivity index (χ1v) is 6.72. The standard InChI is InChI=1S/C16H15ClO3/c1-2-19-16-6-4-3-5-14(16)15(18)11-20-13-9-7-12(17)8-10-13/h3-10H,2,11H2,1H3. The molecule has 2 aromatic carbocycles. The van der Waals surface area contributed by atoms with E-state index in [-0.39, 0.29) is 12.4 Å². The molecule has 0 heterocycles. The summed E-state index contributed by atoms with van der Waals surface area (Å²) in [4.78, 5) is 12.1. The van der Waals surface area contributed by atoms with E-state index < -0.39 is 0 Å². The molecule has 20 heavy (non-hydrogen) atoms. The molecule has 0 spiro atoms. The minimum atomic E-state index is -0.121. The maximum absolute atomic E-state index is 12.1. The summed E-state index contributed by atoms with van der Waals surface area (Å²) in [6.07, 6.45) is 0. The maximum atomic E-state index is 12.1. The third-order valence-corrected chi connectivity index (χ3v) is 2.92. The number of ether oxygens (including phenoxy) is 2. The van der Waals surface area contributed by atoms with Gasteiger partial charge in [0.05, 0.1) is 12.2 Å². The largest absolute Gasteiger partial charge is 0.493 e. The molecule has 0 unspecified atom stereocenters. The van der Waals surface area contributed by atoms with E-state index in [4.69, 9.17) is 21.1 Å². The zero-order valence-electron chi connectivity index (χ0n) is 11.1.